The van der Waals surface area contributed by atoms with Gasteiger partial charge in [0.05, 0.1) is 17.4 Å². The summed E-state index contributed by atoms with van der Waals surface area (Å²) in [5.74, 6) is 7.76. The van der Waals surface area contributed by atoms with E-state index < -0.39 is 12.4 Å². The number of imide groups is 1. The van der Waals surface area contributed by atoms with Crippen LogP contribution in [0.2, 0.25) is 0 Å². The molecular formula is C48H59N7O5. The van der Waals surface area contributed by atoms with Gasteiger partial charge >= 0.3 is 0 Å². The van der Waals surface area contributed by atoms with Crippen LogP contribution in [0.25, 0.3) is 10.8 Å². The number of aliphatic hydroxyl groups is 1. The van der Waals surface area contributed by atoms with Crippen LogP contribution in [-0.4, -0.2) is 116 Å². The molecular weight excluding hydrogens is 755 g/mol. The number of piperidine rings is 4. The zero-order valence-corrected chi connectivity index (χ0v) is 35.3. The van der Waals surface area contributed by atoms with Gasteiger partial charge in [-0.05, 0) is 118 Å². The van der Waals surface area contributed by atoms with Crippen LogP contribution in [0.4, 0.5) is 17.1 Å². The number of hydrogen-bond donors (Lipinski definition) is 2. The largest absolute Gasteiger partial charge is 0.371 e. The highest BCUT2D eigenvalue weighted by Gasteiger charge is 2.44. The highest BCUT2D eigenvalue weighted by molar-refractivity contribution is 6.02. The first-order valence-corrected chi connectivity index (χ1v) is 21.9. The van der Waals surface area contributed by atoms with Gasteiger partial charge in [0.25, 0.3) is 5.91 Å². The predicted octanol–water partition coefficient (Wildman–Crippen LogP) is 5.10. The van der Waals surface area contributed by atoms with E-state index in [4.69, 9.17) is 0 Å². The molecule has 2 N–H and O–H groups in total. The third-order valence-electron chi connectivity index (χ3n) is 13.8. The first kappa shape index (κ1) is 41.4. The van der Waals surface area contributed by atoms with E-state index in [9.17, 15) is 24.3 Å². The number of amides is 4. The summed E-state index contributed by atoms with van der Waals surface area (Å²) in [6.07, 6.45) is 6.81. The standard InChI is InChI=1S/C48H59N7O5/c1-5-44(56)49-32(2)38-14-12-35(39-8-6-7-9-40(38)39)11-10-33-18-24-52(25-19-33)31-34-20-26-54(27-21-34)46(58)36-22-28-53(29-23-36)37-13-15-41-43(30-37)50(3)48(60)55(41)42-16-17-45(57)51(4)47(42)59/h5-9,12-15,30,32-34,36,42,48,60H,1,16-29,31H2,2-4H3,(H,49,56)/t32-,42?,48?/m1/s1. The molecule has 4 saturated heterocycles. The summed E-state index contributed by atoms with van der Waals surface area (Å²) >= 11 is 0. The number of likely N-dealkylation sites (tertiary alicyclic amines) is 3. The molecule has 3 aromatic carbocycles. The van der Waals surface area contributed by atoms with Crippen LogP contribution in [0.1, 0.15) is 75.5 Å². The summed E-state index contributed by atoms with van der Waals surface area (Å²) in [6, 6.07) is 17.8. The number of benzene rings is 3. The van der Waals surface area contributed by atoms with E-state index in [1.807, 2.05) is 38.2 Å². The maximum absolute atomic E-state index is 13.7. The quantitative estimate of drug-likeness (QED) is 0.182. The Morgan fingerprint density at radius 3 is 2.32 bits per heavy atom. The van der Waals surface area contributed by atoms with Crippen molar-refractivity contribution in [2.75, 3.05) is 74.6 Å². The molecule has 5 aliphatic heterocycles. The Kier molecular flexibility index (Phi) is 12.2. The van der Waals surface area contributed by atoms with Crippen molar-refractivity contribution in [1.29, 1.82) is 0 Å². The van der Waals surface area contributed by atoms with Crippen molar-refractivity contribution >= 4 is 51.5 Å². The Labute approximate surface area is 354 Å². The minimum Gasteiger partial charge on any atom is -0.371 e. The topological polar surface area (TPSA) is 120 Å². The van der Waals surface area contributed by atoms with Crippen molar-refractivity contribution in [2.45, 2.75) is 76.7 Å². The Bertz CT molecular complexity index is 2190. The summed E-state index contributed by atoms with van der Waals surface area (Å²) < 4.78 is 0. The number of likely N-dealkylation sites (N-methyl/N-ethyl adjacent to an activating group) is 1. The number of rotatable bonds is 8. The van der Waals surface area contributed by atoms with Crippen molar-refractivity contribution in [3.63, 3.8) is 0 Å². The van der Waals surface area contributed by atoms with E-state index in [2.05, 4.69) is 68.8 Å². The van der Waals surface area contributed by atoms with Gasteiger partial charge in [-0.3, -0.25) is 24.1 Å². The van der Waals surface area contributed by atoms with Gasteiger partial charge < -0.3 is 34.9 Å². The second kappa shape index (κ2) is 17.7. The molecule has 0 radical (unpaired) electrons. The Hall–Kier alpha value is -5.38. The molecule has 316 valence electrons. The van der Waals surface area contributed by atoms with Crippen molar-refractivity contribution < 1.29 is 24.3 Å². The monoisotopic (exact) mass is 813 g/mol. The fraction of sp³-hybridized carbons (Fsp3) is 0.500. The molecule has 12 heteroatoms. The van der Waals surface area contributed by atoms with Gasteiger partial charge in [-0.1, -0.05) is 48.8 Å². The molecule has 4 amide bonds. The maximum Gasteiger partial charge on any atom is 0.251 e. The van der Waals surface area contributed by atoms with Gasteiger partial charge in [-0.15, -0.1) is 0 Å². The van der Waals surface area contributed by atoms with E-state index in [0.717, 1.165) is 123 Å². The van der Waals surface area contributed by atoms with Gasteiger partial charge in [0.15, 0.2) is 0 Å². The third kappa shape index (κ3) is 8.35. The van der Waals surface area contributed by atoms with E-state index >= 15 is 0 Å². The van der Waals surface area contributed by atoms with Gasteiger partial charge in [0, 0.05) is 76.3 Å². The van der Waals surface area contributed by atoms with Gasteiger partial charge in [-0.25, -0.2) is 0 Å². The van der Waals surface area contributed by atoms with Crippen LogP contribution >= 0.6 is 0 Å². The molecule has 3 aromatic rings. The molecule has 0 bridgehead atoms. The normalized spacial score (nSPS) is 22.8. The summed E-state index contributed by atoms with van der Waals surface area (Å²) in [7, 11) is 3.33. The molecule has 0 spiro atoms. The number of nitrogens with one attached hydrogen (secondary N) is 1. The highest BCUT2D eigenvalue weighted by atomic mass is 16.3. The minimum atomic E-state index is -0.996. The summed E-state index contributed by atoms with van der Waals surface area (Å²) in [5.41, 5.74) is 4.77. The van der Waals surface area contributed by atoms with Crippen LogP contribution in [0.3, 0.4) is 0 Å². The van der Waals surface area contributed by atoms with Crippen LogP contribution < -0.4 is 20.0 Å². The number of anilines is 3. The van der Waals surface area contributed by atoms with Crippen LogP contribution in [0, 0.1) is 29.6 Å². The highest BCUT2D eigenvalue weighted by Crippen LogP contribution is 2.43. The number of carbonyl (C=O) groups is 4. The maximum atomic E-state index is 13.7. The molecule has 4 fully saturated rings. The third-order valence-corrected chi connectivity index (χ3v) is 13.8. The molecule has 0 aromatic heterocycles. The average Bonchev–Trinajstić information content (AvgIpc) is 3.52. The van der Waals surface area contributed by atoms with Gasteiger partial charge in [-0.2, -0.15) is 0 Å². The zero-order chi connectivity index (χ0) is 42.1. The molecule has 12 nitrogen and oxygen atoms in total. The predicted molar refractivity (Wildman–Crippen MR) is 235 cm³/mol. The number of carbonyl (C=O) groups excluding carboxylic acids is 4. The molecule has 8 rings (SSSR count). The lowest BCUT2D eigenvalue weighted by molar-refractivity contribution is -0.147. The lowest BCUT2D eigenvalue weighted by atomic mass is 9.90. The van der Waals surface area contributed by atoms with Crippen molar-refractivity contribution in [3.05, 3.63) is 78.4 Å². The van der Waals surface area contributed by atoms with E-state index in [-0.39, 0.29) is 36.1 Å². The molecule has 5 aliphatic rings. The molecule has 5 heterocycles. The number of fused-ring (bicyclic) bond motifs is 2. The Morgan fingerprint density at radius 2 is 1.60 bits per heavy atom. The van der Waals surface area contributed by atoms with Gasteiger partial charge in [0.2, 0.25) is 24.1 Å². The van der Waals surface area contributed by atoms with Crippen molar-refractivity contribution in [3.8, 4) is 11.8 Å². The summed E-state index contributed by atoms with van der Waals surface area (Å²) in [5, 5.41) is 16.4. The second-order valence-electron chi connectivity index (χ2n) is 17.4. The molecule has 0 aliphatic carbocycles. The lowest BCUT2D eigenvalue weighted by Gasteiger charge is -2.39. The fourth-order valence-electron chi connectivity index (χ4n) is 10.1. The first-order valence-electron chi connectivity index (χ1n) is 21.9. The first-order chi connectivity index (χ1) is 29.0. The fourth-order valence-corrected chi connectivity index (χ4v) is 10.1. The Morgan fingerprint density at radius 1 is 0.883 bits per heavy atom. The second-order valence-corrected chi connectivity index (χ2v) is 17.4. The molecule has 2 unspecified atom stereocenters. The Balaban J connectivity index is 0.781. The van der Waals surface area contributed by atoms with Crippen molar-refractivity contribution in [1.82, 2.24) is 20.0 Å². The van der Waals surface area contributed by atoms with E-state index in [1.54, 1.807) is 9.80 Å². The average molecular weight is 814 g/mol. The molecule has 3 atom stereocenters. The lowest BCUT2D eigenvalue weighted by Crippen LogP contribution is -2.57. The molecule has 0 saturated carbocycles. The summed E-state index contributed by atoms with van der Waals surface area (Å²) in [6.45, 7) is 12.0. The minimum absolute atomic E-state index is 0.0360. The van der Waals surface area contributed by atoms with Crippen molar-refractivity contribution in [2.24, 2.45) is 17.8 Å². The van der Waals surface area contributed by atoms with E-state index in [1.165, 1.54) is 18.0 Å². The molecule has 60 heavy (non-hydrogen) atoms. The number of aliphatic hydroxyl groups excluding tert-OH is 1. The van der Waals surface area contributed by atoms with Gasteiger partial charge in [0.1, 0.15) is 6.04 Å². The smallest absolute Gasteiger partial charge is 0.251 e. The summed E-state index contributed by atoms with van der Waals surface area (Å²) in [4.78, 5) is 62.5. The zero-order valence-electron chi connectivity index (χ0n) is 35.3. The SMILES string of the molecule is C=CC(=O)N[C@H](C)c1ccc(C#CC2CCN(CC3CCN(C(=O)C4CCN(c5ccc6c(c5)N(C)C(O)N6C5CCC(=O)N(C)C5=O)CC4)CC3)CC2)c2ccccc12. The number of hydrogen-bond acceptors (Lipinski definition) is 9. The van der Waals surface area contributed by atoms with Crippen LogP contribution in [0.5, 0.6) is 0 Å². The van der Waals surface area contributed by atoms with Crippen LogP contribution in [-0.2, 0) is 19.2 Å². The van der Waals surface area contributed by atoms with Crippen LogP contribution in [0.15, 0.2) is 67.3 Å². The number of nitrogens with zero attached hydrogens (tertiary/aromatic N) is 6. The van der Waals surface area contributed by atoms with E-state index in [0.29, 0.717) is 24.2 Å².